The second kappa shape index (κ2) is 8.47. The van der Waals surface area contributed by atoms with E-state index in [1.54, 1.807) is 31.2 Å². The third-order valence-corrected chi connectivity index (χ3v) is 4.09. The number of aromatic amines is 1. The highest BCUT2D eigenvalue weighted by molar-refractivity contribution is 7.89. The van der Waals surface area contributed by atoms with E-state index in [0.29, 0.717) is 23.4 Å². The van der Waals surface area contributed by atoms with Crippen molar-refractivity contribution in [3.8, 4) is 0 Å². The van der Waals surface area contributed by atoms with Gasteiger partial charge >= 0.3 is 0 Å². The van der Waals surface area contributed by atoms with Crippen LogP contribution in [0.1, 0.15) is 25.1 Å². The molecule has 0 saturated heterocycles. The molecule has 0 unspecified atom stereocenters. The number of sulfonamides is 1. The number of hydrogen-bond donors (Lipinski definition) is 3. The van der Waals surface area contributed by atoms with E-state index in [1.165, 1.54) is 12.1 Å². The predicted molar refractivity (Wildman–Crippen MR) is 98.1 cm³/mol. The number of primary sulfonamides is 1. The predicted octanol–water partition coefficient (Wildman–Crippen LogP) is 2.83. The molecule has 0 radical (unpaired) electrons. The van der Waals surface area contributed by atoms with E-state index in [0.717, 1.165) is 5.69 Å². The fraction of sp³-hybridized carbons (Fsp3) is 0.235. The summed E-state index contributed by atoms with van der Waals surface area (Å²) in [5.74, 6) is 0. The number of aryl methyl sites for hydroxylation is 2. The molecule has 0 bridgehead atoms. The molecule has 1 heterocycles. The molecule has 1 aromatic heterocycles. The van der Waals surface area contributed by atoms with Crippen LogP contribution in [0.4, 0.5) is 11.4 Å². The summed E-state index contributed by atoms with van der Waals surface area (Å²) in [6.45, 7) is 8.95. The minimum absolute atomic E-state index is 0.0560. The van der Waals surface area contributed by atoms with Crippen LogP contribution in [0.5, 0.6) is 0 Å². The van der Waals surface area contributed by atoms with Gasteiger partial charge in [-0.2, -0.15) is 0 Å². The molecule has 24 heavy (non-hydrogen) atoms. The second-order valence-electron chi connectivity index (χ2n) is 5.12. The maximum absolute atomic E-state index is 11.7. The van der Waals surface area contributed by atoms with E-state index in [1.807, 2.05) is 13.8 Å². The van der Waals surface area contributed by atoms with Crippen molar-refractivity contribution in [2.24, 2.45) is 5.14 Å². The van der Waals surface area contributed by atoms with Crippen LogP contribution in [0.25, 0.3) is 0 Å². The summed E-state index contributed by atoms with van der Waals surface area (Å²) < 4.78 is 22.4. The molecule has 6 nitrogen and oxygen atoms in total. The first-order valence-electron chi connectivity index (χ1n) is 7.42. The molecule has 2 aromatic rings. The fourth-order valence-electron chi connectivity index (χ4n) is 1.94. The molecule has 0 spiro atoms. The molecule has 0 atom stereocenters. The number of pyridine rings is 1. The smallest absolute Gasteiger partial charge is 0.251 e. The Morgan fingerprint density at radius 2 is 1.83 bits per heavy atom. The van der Waals surface area contributed by atoms with Gasteiger partial charge in [-0.25, -0.2) is 13.6 Å². The Labute approximate surface area is 142 Å². The summed E-state index contributed by atoms with van der Waals surface area (Å²) in [6.07, 6.45) is 2.38. The number of anilines is 2. The van der Waals surface area contributed by atoms with Crippen molar-refractivity contribution in [1.29, 1.82) is 0 Å². The quantitative estimate of drug-likeness (QED) is 0.738. The van der Waals surface area contributed by atoms with Crippen LogP contribution in [-0.4, -0.2) is 13.4 Å². The Bertz CT molecular complexity index is 854. The van der Waals surface area contributed by atoms with Crippen molar-refractivity contribution < 1.29 is 8.42 Å². The molecular formula is C17H23N3O3S. The normalized spacial score (nSPS) is 10.5. The average Bonchev–Trinajstić information content (AvgIpc) is 2.50. The van der Waals surface area contributed by atoms with Crippen LogP contribution in [-0.2, 0) is 16.4 Å². The Hall–Kier alpha value is -2.38. The first-order chi connectivity index (χ1) is 11.2. The molecule has 1 aromatic carbocycles. The molecular weight excluding hydrogens is 326 g/mol. The zero-order valence-corrected chi connectivity index (χ0v) is 14.9. The first kappa shape index (κ1) is 19.7. The van der Waals surface area contributed by atoms with E-state index >= 15 is 0 Å². The molecule has 0 aliphatic heterocycles. The number of nitrogens with two attached hydrogens (primary N) is 1. The molecule has 0 aliphatic carbocycles. The highest BCUT2D eigenvalue weighted by atomic mass is 32.2. The van der Waals surface area contributed by atoms with Gasteiger partial charge in [0.1, 0.15) is 0 Å². The molecule has 0 amide bonds. The molecule has 0 saturated carbocycles. The second-order valence-corrected chi connectivity index (χ2v) is 6.68. The Morgan fingerprint density at radius 3 is 2.29 bits per heavy atom. The minimum atomic E-state index is -3.69. The van der Waals surface area contributed by atoms with Crippen molar-refractivity contribution in [3.63, 3.8) is 0 Å². The molecule has 0 aliphatic rings. The third kappa shape index (κ3) is 5.36. The van der Waals surface area contributed by atoms with Crippen molar-refractivity contribution in [1.82, 2.24) is 4.98 Å². The number of nitrogens with one attached hydrogen (secondary N) is 2. The lowest BCUT2D eigenvalue weighted by Crippen LogP contribution is -2.14. The monoisotopic (exact) mass is 349 g/mol. The lowest BCUT2D eigenvalue weighted by molar-refractivity contribution is 0.598. The SMILES string of the molecule is C=CC.CCc1cc(Nc2ccc(S(N)(=O)=O)cc2)c(C)[nH]c1=O. The van der Waals surface area contributed by atoms with Crippen LogP contribution in [0.2, 0.25) is 0 Å². The number of rotatable bonds is 4. The lowest BCUT2D eigenvalue weighted by Gasteiger charge is -2.11. The van der Waals surface area contributed by atoms with E-state index in [-0.39, 0.29) is 10.5 Å². The van der Waals surface area contributed by atoms with Gasteiger partial charge in [0.15, 0.2) is 0 Å². The maximum Gasteiger partial charge on any atom is 0.251 e. The highest BCUT2D eigenvalue weighted by Gasteiger charge is 2.08. The van der Waals surface area contributed by atoms with Crippen LogP contribution in [0, 0.1) is 6.92 Å². The van der Waals surface area contributed by atoms with Gasteiger partial charge in [-0.3, -0.25) is 4.79 Å². The summed E-state index contributed by atoms with van der Waals surface area (Å²) in [4.78, 5) is 14.5. The minimum Gasteiger partial charge on any atom is -0.354 e. The third-order valence-electron chi connectivity index (χ3n) is 3.16. The summed E-state index contributed by atoms with van der Waals surface area (Å²) in [5.41, 5.74) is 2.79. The van der Waals surface area contributed by atoms with E-state index in [4.69, 9.17) is 5.14 Å². The van der Waals surface area contributed by atoms with Gasteiger partial charge < -0.3 is 10.3 Å². The van der Waals surface area contributed by atoms with E-state index in [2.05, 4.69) is 16.9 Å². The molecule has 2 rings (SSSR count). The van der Waals surface area contributed by atoms with Crippen LogP contribution >= 0.6 is 0 Å². The number of allylic oxidation sites excluding steroid dienone is 1. The fourth-order valence-corrected chi connectivity index (χ4v) is 2.46. The molecule has 130 valence electrons. The van der Waals surface area contributed by atoms with Crippen molar-refractivity contribution >= 4 is 21.4 Å². The topological polar surface area (TPSA) is 105 Å². The van der Waals surface area contributed by atoms with Crippen LogP contribution in [0.15, 0.2) is 52.7 Å². The summed E-state index contributed by atoms with van der Waals surface area (Å²) in [6, 6.07) is 7.90. The Kier molecular flexibility index (Phi) is 6.94. The molecule has 4 N–H and O–H groups in total. The summed E-state index contributed by atoms with van der Waals surface area (Å²) >= 11 is 0. The van der Waals surface area contributed by atoms with Gasteiger partial charge in [0.2, 0.25) is 10.0 Å². The van der Waals surface area contributed by atoms with Gasteiger partial charge in [-0.15, -0.1) is 6.58 Å². The summed E-state index contributed by atoms with van der Waals surface area (Å²) in [5, 5.41) is 8.20. The number of hydrogen-bond acceptors (Lipinski definition) is 4. The number of H-pyrrole nitrogens is 1. The highest BCUT2D eigenvalue weighted by Crippen LogP contribution is 2.20. The van der Waals surface area contributed by atoms with Gasteiger partial charge in [-0.05, 0) is 50.6 Å². The van der Waals surface area contributed by atoms with Crippen LogP contribution < -0.4 is 16.0 Å². The van der Waals surface area contributed by atoms with Crippen molar-refractivity contribution in [2.45, 2.75) is 32.1 Å². The van der Waals surface area contributed by atoms with Gasteiger partial charge in [0.25, 0.3) is 5.56 Å². The van der Waals surface area contributed by atoms with Crippen molar-refractivity contribution in [2.75, 3.05) is 5.32 Å². The Morgan fingerprint density at radius 1 is 1.29 bits per heavy atom. The Balaban J connectivity index is 0.000000891. The standard InChI is InChI=1S/C14H17N3O3S.C3H6/c1-3-10-8-13(9(2)16-14(10)18)17-11-4-6-12(7-5-11)21(15,19)20;1-3-2/h4-8,17H,3H2,1-2H3,(H,16,18)(H2,15,19,20);3H,1H2,2H3. The average molecular weight is 349 g/mol. The van der Waals surface area contributed by atoms with E-state index < -0.39 is 10.0 Å². The number of benzene rings is 1. The molecule has 7 heteroatoms. The zero-order valence-electron chi connectivity index (χ0n) is 14.1. The van der Waals surface area contributed by atoms with Crippen LogP contribution in [0.3, 0.4) is 0 Å². The lowest BCUT2D eigenvalue weighted by atomic mass is 10.1. The van der Waals surface area contributed by atoms with Crippen molar-refractivity contribution in [3.05, 3.63) is 64.6 Å². The van der Waals surface area contributed by atoms with Gasteiger partial charge in [0, 0.05) is 16.9 Å². The maximum atomic E-state index is 11.7. The first-order valence-corrected chi connectivity index (χ1v) is 8.97. The summed E-state index contributed by atoms with van der Waals surface area (Å²) in [7, 11) is -3.69. The van der Waals surface area contributed by atoms with E-state index in [9.17, 15) is 13.2 Å². The largest absolute Gasteiger partial charge is 0.354 e. The van der Waals surface area contributed by atoms with Gasteiger partial charge in [0.05, 0.1) is 10.6 Å². The zero-order chi connectivity index (χ0) is 18.3. The van der Waals surface area contributed by atoms with Gasteiger partial charge in [-0.1, -0.05) is 13.0 Å². The molecule has 0 fully saturated rings. The number of aromatic nitrogens is 1.